The van der Waals surface area contributed by atoms with Crippen LogP contribution in [0, 0.1) is 0 Å². The minimum Gasteiger partial charge on any atom is -1.00 e. The van der Waals surface area contributed by atoms with Crippen LogP contribution < -0.4 is 0 Å². The Balaban J connectivity index is -0.000000635. The summed E-state index contributed by atoms with van der Waals surface area (Å²) in [7, 11) is 0. The van der Waals surface area contributed by atoms with Crippen molar-refractivity contribution in [1.82, 2.24) is 0 Å². The van der Waals surface area contributed by atoms with Crippen molar-refractivity contribution in [1.29, 1.82) is 0 Å². The molecule has 5 heteroatoms. The van der Waals surface area contributed by atoms with Crippen molar-refractivity contribution < 1.29 is 23.0 Å². The number of phenolic OH excluding ortho intramolecular Hbond substituents is 1. The number of aryl methyl sites for hydroxylation is 1. The minimum absolute atomic E-state index is 0. The van der Waals surface area contributed by atoms with Crippen LogP contribution in [0.15, 0.2) is 18.2 Å². The van der Waals surface area contributed by atoms with E-state index < -0.39 is 6.16 Å². The van der Waals surface area contributed by atoms with E-state index in [1.807, 2.05) is 12.1 Å². The summed E-state index contributed by atoms with van der Waals surface area (Å²) >= 11 is 0. The Bertz CT molecular complexity index is 570. The molecule has 0 amide bonds. The van der Waals surface area contributed by atoms with Gasteiger partial charge in [-0.2, -0.15) is 0 Å². The number of carboxylic acid groups (broad SMARTS) is 2. The molecule has 0 heterocycles. The van der Waals surface area contributed by atoms with Gasteiger partial charge >= 0.3 is 43.9 Å². The van der Waals surface area contributed by atoms with Crippen molar-refractivity contribution in [3.05, 3.63) is 29.3 Å². The first-order valence-electron chi connectivity index (χ1n) is 13.2. The number of phenols is 1. The van der Waals surface area contributed by atoms with Crippen molar-refractivity contribution in [3.8, 4) is 5.75 Å². The molecule has 0 spiro atoms. The predicted molar refractivity (Wildman–Crippen MR) is 144 cm³/mol. The van der Waals surface area contributed by atoms with Crippen molar-refractivity contribution in [2.24, 2.45) is 0 Å². The molecule has 0 atom stereocenters. The van der Waals surface area contributed by atoms with Crippen LogP contribution in [0.4, 0.5) is 4.79 Å². The molecule has 190 valence electrons. The van der Waals surface area contributed by atoms with E-state index in [9.17, 15) is 5.11 Å². The standard InChI is InChI=1S/C27H48O.CH2O3.Ca.2H/c1-3-5-7-9-11-12-13-15-16-18-21-25-22-20-24-27(28)26(25)23-19-17-14-10-8-6-4-2;2-1(3)4;;;/h20,22,24,28H,3-19,21,23H2,1-2H3;(H2,2,3,4);;;/q;;+2;2*-1. The molecule has 0 unspecified atom stereocenters. The third-order valence-electron chi connectivity index (χ3n) is 6.08. The van der Waals surface area contributed by atoms with E-state index in [1.165, 1.54) is 120 Å². The molecular weight excluding hydrogens is 440 g/mol. The van der Waals surface area contributed by atoms with Gasteiger partial charge in [-0.25, -0.2) is 4.79 Å². The number of hydrogen-bond donors (Lipinski definition) is 3. The molecule has 0 radical (unpaired) electrons. The molecule has 4 nitrogen and oxygen atoms in total. The summed E-state index contributed by atoms with van der Waals surface area (Å²) in [5, 5.41) is 24.3. The van der Waals surface area contributed by atoms with Gasteiger partial charge in [0.25, 0.3) is 0 Å². The summed E-state index contributed by atoms with van der Waals surface area (Å²) in [5.41, 5.74) is 2.62. The molecule has 1 aromatic rings. The van der Waals surface area contributed by atoms with Crippen LogP contribution in [0.3, 0.4) is 0 Å². The van der Waals surface area contributed by atoms with E-state index in [4.69, 9.17) is 15.0 Å². The molecule has 1 aromatic carbocycles. The smallest absolute Gasteiger partial charge is 1.00 e. The van der Waals surface area contributed by atoms with Crippen molar-refractivity contribution in [2.45, 2.75) is 136 Å². The number of carbonyl (C=O) groups is 1. The Morgan fingerprint density at radius 2 is 1.03 bits per heavy atom. The van der Waals surface area contributed by atoms with Gasteiger partial charge in [0, 0.05) is 0 Å². The van der Waals surface area contributed by atoms with Gasteiger partial charge in [0.2, 0.25) is 0 Å². The third-order valence-corrected chi connectivity index (χ3v) is 6.08. The largest absolute Gasteiger partial charge is 2.00 e. The molecule has 3 N–H and O–H groups in total. The fourth-order valence-corrected chi connectivity index (χ4v) is 4.21. The van der Waals surface area contributed by atoms with Gasteiger partial charge < -0.3 is 18.2 Å². The molecule has 0 aliphatic rings. The zero-order valence-corrected chi connectivity index (χ0v) is 23.8. The number of rotatable bonds is 19. The van der Waals surface area contributed by atoms with Gasteiger partial charge in [-0.3, -0.25) is 0 Å². The number of unbranched alkanes of at least 4 members (excludes halogenated alkanes) is 15. The molecule has 0 bridgehead atoms. The van der Waals surface area contributed by atoms with Crippen LogP contribution in [-0.4, -0.2) is 59.2 Å². The fourth-order valence-electron chi connectivity index (χ4n) is 4.21. The van der Waals surface area contributed by atoms with Crippen LogP contribution in [0.5, 0.6) is 5.75 Å². The summed E-state index contributed by atoms with van der Waals surface area (Å²) in [6.45, 7) is 4.56. The Morgan fingerprint density at radius 1 is 0.667 bits per heavy atom. The molecule has 1 rings (SSSR count). The number of hydrogen-bond acceptors (Lipinski definition) is 2. The van der Waals surface area contributed by atoms with Crippen LogP contribution in [0.1, 0.15) is 137 Å². The van der Waals surface area contributed by atoms with Crippen molar-refractivity contribution in [3.63, 3.8) is 0 Å². The minimum atomic E-state index is -1.83. The fraction of sp³-hybridized carbons (Fsp3) is 0.750. The second-order valence-electron chi connectivity index (χ2n) is 9.00. The Labute approximate surface area is 236 Å². The summed E-state index contributed by atoms with van der Waals surface area (Å²) in [5.74, 6) is 0.524. The van der Waals surface area contributed by atoms with Crippen LogP contribution in [0.25, 0.3) is 0 Å². The maximum absolute atomic E-state index is 10.3. The van der Waals surface area contributed by atoms with Gasteiger partial charge in [0.05, 0.1) is 0 Å². The average molecular weight is 493 g/mol. The van der Waals surface area contributed by atoms with Gasteiger partial charge in [0.15, 0.2) is 0 Å². The third kappa shape index (κ3) is 23.1. The maximum atomic E-state index is 10.3. The summed E-state index contributed by atoms with van der Waals surface area (Å²) < 4.78 is 0. The SMILES string of the molecule is CCCCCCCCCCCCc1cccc(O)c1CCCCCCCCC.O=C(O)O.[Ca+2].[H-].[H-]. The Hall–Kier alpha value is -0.450. The summed E-state index contributed by atoms with van der Waals surface area (Å²) in [4.78, 5) is 8.56. The zero-order chi connectivity index (χ0) is 23.9. The van der Waals surface area contributed by atoms with E-state index >= 15 is 0 Å². The zero-order valence-electron chi connectivity index (χ0n) is 23.6. The normalized spacial score (nSPS) is 10.2. The summed E-state index contributed by atoms with van der Waals surface area (Å²) in [6, 6.07) is 6.14. The topological polar surface area (TPSA) is 77.8 Å². The van der Waals surface area contributed by atoms with Gasteiger partial charge in [-0.1, -0.05) is 122 Å². The van der Waals surface area contributed by atoms with Crippen LogP contribution >= 0.6 is 0 Å². The quantitative estimate of drug-likeness (QED) is 0.133. The molecule has 0 fully saturated rings. The molecule has 0 aromatic heterocycles. The maximum Gasteiger partial charge on any atom is 2.00 e. The van der Waals surface area contributed by atoms with Crippen molar-refractivity contribution in [2.75, 3.05) is 0 Å². The van der Waals surface area contributed by atoms with Gasteiger partial charge in [0.1, 0.15) is 5.75 Å². The number of benzene rings is 1. The van der Waals surface area contributed by atoms with E-state index in [0.717, 1.165) is 12.8 Å². The van der Waals surface area contributed by atoms with Gasteiger partial charge in [-0.15, -0.1) is 0 Å². The molecule has 33 heavy (non-hydrogen) atoms. The summed E-state index contributed by atoms with van der Waals surface area (Å²) in [6.07, 6.45) is 23.5. The predicted octanol–water partition coefficient (Wildman–Crippen LogP) is 9.22. The monoisotopic (exact) mass is 492 g/mol. The van der Waals surface area contributed by atoms with E-state index in [0.29, 0.717) is 5.75 Å². The molecule has 0 saturated carbocycles. The van der Waals surface area contributed by atoms with Crippen LogP contribution in [0.2, 0.25) is 0 Å². The number of aromatic hydroxyl groups is 1. The van der Waals surface area contributed by atoms with E-state index in [2.05, 4.69) is 19.9 Å². The second-order valence-corrected chi connectivity index (χ2v) is 9.00. The Morgan fingerprint density at radius 3 is 1.45 bits per heavy atom. The molecular formula is C28H52CaO4. The average Bonchev–Trinajstić information content (AvgIpc) is 2.75. The molecule has 0 saturated heterocycles. The first-order valence-corrected chi connectivity index (χ1v) is 13.2. The van der Waals surface area contributed by atoms with E-state index in [1.54, 1.807) is 0 Å². The Kier molecular flexibility index (Phi) is 27.5. The second kappa shape index (κ2) is 26.2. The first-order chi connectivity index (χ1) is 15.5. The first kappa shape index (κ1) is 34.7. The van der Waals surface area contributed by atoms with Crippen LogP contribution in [-0.2, 0) is 12.8 Å². The van der Waals surface area contributed by atoms with E-state index in [-0.39, 0.29) is 40.6 Å². The molecule has 0 aliphatic heterocycles. The van der Waals surface area contributed by atoms with Gasteiger partial charge in [-0.05, 0) is 42.9 Å². The van der Waals surface area contributed by atoms with Crippen molar-refractivity contribution >= 4 is 43.9 Å². The molecule has 0 aliphatic carbocycles.